The van der Waals surface area contributed by atoms with E-state index >= 15 is 0 Å². The standard InChI is InChI=1S/C20H24N4O4S/c1-24(18-8-11-29(27,28)14-18)10-7-19(25)22-16-5-2-6-17(12-16)23-20(26)15-4-3-9-21-13-15/h2-6,9,12-13,18H,7-8,10-11,14H2,1H3,(H,22,25)(H,23,26). The predicted octanol–water partition coefficient (Wildman–Crippen LogP) is 1.78. The third kappa shape index (κ3) is 6.10. The van der Waals surface area contributed by atoms with E-state index in [1.807, 2.05) is 11.9 Å². The summed E-state index contributed by atoms with van der Waals surface area (Å²) in [5.74, 6) is -0.0848. The molecule has 154 valence electrons. The maximum atomic E-state index is 12.3. The van der Waals surface area contributed by atoms with Gasteiger partial charge in [-0.15, -0.1) is 0 Å². The van der Waals surface area contributed by atoms with Crippen LogP contribution in [0.5, 0.6) is 0 Å². The minimum absolute atomic E-state index is 0.0289. The van der Waals surface area contributed by atoms with E-state index in [1.165, 1.54) is 6.20 Å². The molecule has 2 amide bonds. The minimum atomic E-state index is -2.94. The van der Waals surface area contributed by atoms with Gasteiger partial charge >= 0.3 is 0 Å². The Morgan fingerprint density at radius 2 is 1.93 bits per heavy atom. The number of hydrogen-bond acceptors (Lipinski definition) is 6. The fourth-order valence-electron chi connectivity index (χ4n) is 3.18. The molecular weight excluding hydrogens is 392 g/mol. The van der Waals surface area contributed by atoms with Crippen LogP contribution in [0.2, 0.25) is 0 Å². The zero-order valence-corrected chi connectivity index (χ0v) is 17.0. The molecule has 1 aromatic carbocycles. The second-order valence-corrected chi connectivity index (χ2v) is 9.34. The van der Waals surface area contributed by atoms with Crippen LogP contribution in [0.3, 0.4) is 0 Å². The Morgan fingerprint density at radius 3 is 2.59 bits per heavy atom. The lowest BCUT2D eigenvalue weighted by Crippen LogP contribution is -2.35. The van der Waals surface area contributed by atoms with E-state index in [2.05, 4.69) is 15.6 Å². The zero-order chi connectivity index (χ0) is 20.9. The average Bonchev–Trinajstić information content (AvgIpc) is 3.07. The molecule has 1 unspecified atom stereocenters. The maximum Gasteiger partial charge on any atom is 0.257 e. The van der Waals surface area contributed by atoms with Crippen molar-refractivity contribution in [3.05, 3.63) is 54.4 Å². The van der Waals surface area contributed by atoms with Gasteiger partial charge in [0.15, 0.2) is 9.84 Å². The van der Waals surface area contributed by atoms with Crippen LogP contribution in [0.1, 0.15) is 23.2 Å². The van der Waals surface area contributed by atoms with Crippen molar-refractivity contribution in [1.82, 2.24) is 9.88 Å². The van der Waals surface area contributed by atoms with Gasteiger partial charge in [-0.05, 0) is 43.8 Å². The van der Waals surface area contributed by atoms with Crippen LogP contribution in [0.15, 0.2) is 48.8 Å². The van der Waals surface area contributed by atoms with Crippen molar-refractivity contribution in [3.8, 4) is 0 Å². The molecule has 3 rings (SSSR count). The Balaban J connectivity index is 1.50. The lowest BCUT2D eigenvalue weighted by molar-refractivity contribution is -0.116. The van der Waals surface area contributed by atoms with Crippen molar-refractivity contribution in [2.45, 2.75) is 18.9 Å². The van der Waals surface area contributed by atoms with Gasteiger partial charge in [0.25, 0.3) is 5.91 Å². The van der Waals surface area contributed by atoms with Crippen molar-refractivity contribution in [2.75, 3.05) is 35.7 Å². The minimum Gasteiger partial charge on any atom is -0.326 e. The monoisotopic (exact) mass is 416 g/mol. The summed E-state index contributed by atoms with van der Waals surface area (Å²) in [4.78, 5) is 30.3. The summed E-state index contributed by atoms with van der Waals surface area (Å²) in [6.45, 7) is 0.476. The van der Waals surface area contributed by atoms with Gasteiger partial charge in [0.1, 0.15) is 0 Å². The van der Waals surface area contributed by atoms with E-state index in [-0.39, 0.29) is 35.8 Å². The Labute approximate surface area is 170 Å². The molecule has 0 saturated carbocycles. The lowest BCUT2D eigenvalue weighted by Gasteiger charge is -2.22. The number of rotatable bonds is 7. The fourth-order valence-corrected chi connectivity index (χ4v) is 4.99. The Bertz CT molecular complexity index is 979. The van der Waals surface area contributed by atoms with Gasteiger partial charge in [-0.2, -0.15) is 0 Å². The van der Waals surface area contributed by atoms with Crippen molar-refractivity contribution < 1.29 is 18.0 Å². The van der Waals surface area contributed by atoms with E-state index in [1.54, 1.807) is 42.6 Å². The van der Waals surface area contributed by atoms with Gasteiger partial charge in [-0.3, -0.25) is 14.6 Å². The van der Waals surface area contributed by atoms with Gasteiger partial charge in [0.05, 0.1) is 17.1 Å². The average molecular weight is 417 g/mol. The highest BCUT2D eigenvalue weighted by atomic mass is 32.2. The molecule has 2 aromatic rings. The van der Waals surface area contributed by atoms with Gasteiger partial charge in [0.2, 0.25) is 5.91 Å². The number of carbonyl (C=O) groups is 2. The number of sulfone groups is 1. The summed E-state index contributed by atoms with van der Waals surface area (Å²) in [6, 6.07) is 10.2. The number of benzene rings is 1. The molecule has 0 bridgehead atoms. The third-order valence-corrected chi connectivity index (χ3v) is 6.60. The quantitative estimate of drug-likeness (QED) is 0.712. The number of anilines is 2. The van der Waals surface area contributed by atoms with Crippen LogP contribution in [0.4, 0.5) is 11.4 Å². The van der Waals surface area contributed by atoms with Gasteiger partial charge < -0.3 is 15.5 Å². The van der Waals surface area contributed by atoms with Gasteiger partial charge in [-0.1, -0.05) is 6.07 Å². The van der Waals surface area contributed by atoms with Gasteiger partial charge in [0, 0.05) is 42.8 Å². The Kier molecular flexibility index (Phi) is 6.60. The number of aromatic nitrogens is 1. The largest absolute Gasteiger partial charge is 0.326 e. The molecule has 1 aliphatic heterocycles. The first-order valence-electron chi connectivity index (χ1n) is 9.34. The van der Waals surface area contributed by atoms with Crippen LogP contribution in [0.25, 0.3) is 0 Å². The highest BCUT2D eigenvalue weighted by Gasteiger charge is 2.30. The van der Waals surface area contributed by atoms with Crippen LogP contribution in [-0.2, 0) is 14.6 Å². The molecular formula is C20H24N4O4S. The van der Waals surface area contributed by atoms with E-state index in [0.29, 0.717) is 29.9 Å². The molecule has 1 atom stereocenters. The van der Waals surface area contributed by atoms with Crippen LogP contribution < -0.4 is 10.6 Å². The summed E-state index contributed by atoms with van der Waals surface area (Å²) >= 11 is 0. The number of nitrogens with one attached hydrogen (secondary N) is 2. The first-order chi connectivity index (χ1) is 13.8. The first-order valence-corrected chi connectivity index (χ1v) is 11.2. The second kappa shape index (κ2) is 9.15. The summed E-state index contributed by atoms with van der Waals surface area (Å²) in [5, 5.41) is 5.58. The number of hydrogen-bond donors (Lipinski definition) is 2. The highest BCUT2D eigenvalue weighted by Crippen LogP contribution is 2.18. The topological polar surface area (TPSA) is 108 Å². The first kappa shape index (κ1) is 20.9. The maximum absolute atomic E-state index is 12.3. The molecule has 2 N–H and O–H groups in total. The number of pyridine rings is 1. The normalized spacial score (nSPS) is 17.8. The van der Waals surface area contributed by atoms with Crippen molar-refractivity contribution in [1.29, 1.82) is 0 Å². The van der Waals surface area contributed by atoms with Crippen LogP contribution in [0, 0.1) is 0 Å². The molecule has 9 heteroatoms. The molecule has 0 spiro atoms. The van der Waals surface area contributed by atoms with Crippen molar-refractivity contribution in [2.24, 2.45) is 0 Å². The number of nitrogens with zero attached hydrogens (tertiary/aromatic N) is 2. The van der Waals surface area contributed by atoms with E-state index in [9.17, 15) is 18.0 Å². The second-order valence-electron chi connectivity index (χ2n) is 7.11. The predicted molar refractivity (Wildman–Crippen MR) is 112 cm³/mol. The summed E-state index contributed by atoms with van der Waals surface area (Å²) < 4.78 is 23.2. The fraction of sp³-hybridized carbons (Fsp3) is 0.350. The zero-order valence-electron chi connectivity index (χ0n) is 16.2. The number of carbonyl (C=O) groups excluding carboxylic acids is 2. The molecule has 2 heterocycles. The van der Waals surface area contributed by atoms with E-state index in [0.717, 1.165) is 0 Å². The third-order valence-electron chi connectivity index (χ3n) is 4.85. The molecule has 8 nitrogen and oxygen atoms in total. The number of amides is 2. The molecule has 0 radical (unpaired) electrons. The summed E-state index contributed by atoms with van der Waals surface area (Å²) in [6.07, 6.45) is 3.93. The summed E-state index contributed by atoms with van der Waals surface area (Å²) in [7, 11) is -1.10. The summed E-state index contributed by atoms with van der Waals surface area (Å²) in [5.41, 5.74) is 1.58. The Hall–Kier alpha value is -2.78. The van der Waals surface area contributed by atoms with Gasteiger partial charge in [-0.25, -0.2) is 8.42 Å². The SMILES string of the molecule is CN(CCC(=O)Nc1cccc(NC(=O)c2cccnc2)c1)C1CCS(=O)(=O)C1. The van der Waals surface area contributed by atoms with Crippen molar-refractivity contribution >= 4 is 33.0 Å². The Morgan fingerprint density at radius 1 is 1.17 bits per heavy atom. The highest BCUT2D eigenvalue weighted by molar-refractivity contribution is 7.91. The molecule has 1 saturated heterocycles. The lowest BCUT2D eigenvalue weighted by atomic mass is 10.2. The van der Waals surface area contributed by atoms with E-state index < -0.39 is 9.84 Å². The molecule has 1 aromatic heterocycles. The molecule has 1 aliphatic rings. The smallest absolute Gasteiger partial charge is 0.257 e. The molecule has 1 fully saturated rings. The van der Waals surface area contributed by atoms with Crippen LogP contribution in [-0.4, -0.2) is 61.3 Å². The molecule has 29 heavy (non-hydrogen) atoms. The molecule has 0 aliphatic carbocycles. The van der Waals surface area contributed by atoms with Crippen molar-refractivity contribution in [3.63, 3.8) is 0 Å². The van der Waals surface area contributed by atoms with E-state index in [4.69, 9.17) is 0 Å². The van der Waals surface area contributed by atoms with Crippen LogP contribution >= 0.6 is 0 Å².